The summed E-state index contributed by atoms with van der Waals surface area (Å²) in [5.74, 6) is -1.18. The van der Waals surface area contributed by atoms with Crippen LogP contribution in [0.3, 0.4) is 0 Å². The maximum atomic E-state index is 11.9. The average Bonchev–Trinajstić information content (AvgIpc) is 2.45. The fraction of sp³-hybridized carbons (Fsp3) is 0.800. The summed E-state index contributed by atoms with van der Waals surface area (Å²) in [4.78, 5) is 34.6. The Bertz CT molecular complexity index is 377. The number of carbonyl (C=O) groups is 3. The number of esters is 2. The van der Waals surface area contributed by atoms with Crippen molar-refractivity contribution in [1.29, 1.82) is 0 Å². The number of unbranched alkanes of at least 4 members (excludes halogenated alkanes) is 1. The fourth-order valence-corrected chi connectivity index (χ4v) is 1.89. The van der Waals surface area contributed by atoms with Crippen LogP contribution < -0.4 is 5.32 Å². The van der Waals surface area contributed by atoms with Gasteiger partial charge in [0.25, 0.3) is 0 Å². The van der Waals surface area contributed by atoms with Gasteiger partial charge in [0.05, 0.1) is 41.9 Å². The topological polar surface area (TPSA) is 81.7 Å². The van der Waals surface area contributed by atoms with E-state index in [4.69, 9.17) is 0 Å². The van der Waals surface area contributed by atoms with Crippen LogP contribution in [-0.2, 0) is 23.9 Å². The third kappa shape index (κ3) is 10.1. The minimum Gasteiger partial charge on any atom is -0.469 e. The van der Waals surface area contributed by atoms with Gasteiger partial charge in [-0.15, -0.1) is 0 Å². The van der Waals surface area contributed by atoms with Gasteiger partial charge in [-0.25, -0.2) is 4.79 Å². The maximum absolute atomic E-state index is 11.9. The van der Waals surface area contributed by atoms with Crippen LogP contribution in [0.2, 0.25) is 0 Å². The van der Waals surface area contributed by atoms with Crippen molar-refractivity contribution < 1.29 is 28.3 Å². The molecule has 7 heteroatoms. The number of nitrogens with zero attached hydrogens (tertiary/aromatic N) is 1. The van der Waals surface area contributed by atoms with E-state index in [9.17, 15) is 14.4 Å². The van der Waals surface area contributed by atoms with Crippen molar-refractivity contribution in [2.75, 3.05) is 41.9 Å². The van der Waals surface area contributed by atoms with Crippen LogP contribution in [0.25, 0.3) is 0 Å². The lowest BCUT2D eigenvalue weighted by Crippen LogP contribution is -2.42. The van der Waals surface area contributed by atoms with Crippen molar-refractivity contribution in [2.24, 2.45) is 0 Å². The van der Waals surface area contributed by atoms with E-state index in [0.29, 0.717) is 6.42 Å². The van der Waals surface area contributed by atoms with Gasteiger partial charge >= 0.3 is 11.9 Å². The minimum absolute atomic E-state index is 0.0536. The van der Waals surface area contributed by atoms with Crippen LogP contribution in [0, 0.1) is 0 Å². The summed E-state index contributed by atoms with van der Waals surface area (Å²) < 4.78 is 10.0. The summed E-state index contributed by atoms with van der Waals surface area (Å²) in [6.45, 7) is 0.982. The number of rotatable bonds is 10. The van der Waals surface area contributed by atoms with Gasteiger partial charge in [-0.2, -0.15) is 0 Å². The lowest BCUT2D eigenvalue weighted by molar-refractivity contribution is -0.870. The molecule has 0 aliphatic heterocycles. The molecule has 128 valence electrons. The zero-order valence-electron chi connectivity index (χ0n) is 14.3. The monoisotopic (exact) mass is 317 g/mol. The van der Waals surface area contributed by atoms with Gasteiger partial charge in [-0.1, -0.05) is 0 Å². The van der Waals surface area contributed by atoms with Crippen LogP contribution in [0.1, 0.15) is 32.1 Å². The van der Waals surface area contributed by atoms with E-state index in [1.165, 1.54) is 14.2 Å². The molecule has 0 fully saturated rings. The Morgan fingerprint density at radius 3 is 2.14 bits per heavy atom. The molecule has 0 aliphatic rings. The molecule has 0 aliphatic carbocycles. The predicted octanol–water partition coefficient (Wildman–Crippen LogP) is 0.474. The van der Waals surface area contributed by atoms with E-state index in [1.807, 2.05) is 0 Å². The Kier molecular flexibility index (Phi) is 9.40. The molecule has 0 saturated heterocycles. The summed E-state index contributed by atoms with van der Waals surface area (Å²) in [5, 5.41) is 2.62. The van der Waals surface area contributed by atoms with E-state index >= 15 is 0 Å². The van der Waals surface area contributed by atoms with Gasteiger partial charge in [0, 0.05) is 12.8 Å². The van der Waals surface area contributed by atoms with Crippen molar-refractivity contribution in [3.8, 4) is 0 Å². The van der Waals surface area contributed by atoms with Crippen molar-refractivity contribution >= 4 is 17.8 Å². The summed E-state index contributed by atoms with van der Waals surface area (Å²) in [6, 6.07) is -0.810. The Morgan fingerprint density at radius 1 is 1.00 bits per heavy atom. The highest BCUT2D eigenvalue weighted by Crippen LogP contribution is 2.04. The third-order valence-electron chi connectivity index (χ3n) is 3.17. The zero-order valence-corrected chi connectivity index (χ0v) is 14.3. The Hall–Kier alpha value is -1.63. The molecule has 7 nitrogen and oxygen atoms in total. The molecular weight excluding hydrogens is 288 g/mol. The quantitative estimate of drug-likeness (QED) is 0.360. The standard InChI is InChI=1S/C15H28N2O5/c1-17(2,3)11-7-6-8-13(18)16-12(15(20)22-5)9-10-14(19)21-4/h12H,6-11H2,1-5H3/p+1/t12-/m0/s1. The number of ether oxygens (including phenoxy) is 2. The molecule has 1 N–H and O–H groups in total. The molecule has 0 heterocycles. The lowest BCUT2D eigenvalue weighted by atomic mass is 10.1. The summed E-state index contributed by atoms with van der Waals surface area (Å²) in [5.41, 5.74) is 0. The van der Waals surface area contributed by atoms with E-state index in [0.717, 1.165) is 23.9 Å². The zero-order chi connectivity index (χ0) is 17.2. The van der Waals surface area contributed by atoms with E-state index in [-0.39, 0.29) is 18.7 Å². The molecule has 0 rings (SSSR count). The molecule has 0 unspecified atom stereocenters. The fourth-order valence-electron chi connectivity index (χ4n) is 1.89. The molecule has 0 aromatic carbocycles. The van der Waals surface area contributed by atoms with Gasteiger partial charge in [-0.05, 0) is 19.3 Å². The van der Waals surface area contributed by atoms with Gasteiger partial charge in [-0.3, -0.25) is 9.59 Å². The second-order valence-electron chi connectivity index (χ2n) is 6.23. The predicted molar refractivity (Wildman–Crippen MR) is 81.9 cm³/mol. The third-order valence-corrected chi connectivity index (χ3v) is 3.17. The normalized spacial score (nSPS) is 12.4. The molecule has 0 spiro atoms. The van der Waals surface area contributed by atoms with Crippen LogP contribution in [-0.4, -0.2) is 70.3 Å². The Labute approximate surface area is 132 Å². The number of quaternary nitrogens is 1. The molecule has 0 aromatic heterocycles. The maximum Gasteiger partial charge on any atom is 0.328 e. The molecule has 0 saturated carbocycles. The van der Waals surface area contributed by atoms with Crippen molar-refractivity contribution in [3.63, 3.8) is 0 Å². The van der Waals surface area contributed by atoms with Crippen LogP contribution >= 0.6 is 0 Å². The van der Waals surface area contributed by atoms with Gasteiger partial charge in [0.1, 0.15) is 6.04 Å². The second kappa shape index (κ2) is 10.2. The summed E-state index contributed by atoms with van der Waals surface area (Å²) in [7, 11) is 8.82. The highest BCUT2D eigenvalue weighted by Gasteiger charge is 2.22. The van der Waals surface area contributed by atoms with E-state index < -0.39 is 18.0 Å². The molecule has 0 radical (unpaired) electrons. The van der Waals surface area contributed by atoms with Crippen LogP contribution in [0.15, 0.2) is 0 Å². The van der Waals surface area contributed by atoms with Gasteiger partial charge < -0.3 is 19.3 Å². The number of methoxy groups -OCH3 is 2. The largest absolute Gasteiger partial charge is 0.469 e. The molecule has 1 amide bonds. The lowest BCUT2D eigenvalue weighted by Gasteiger charge is -2.23. The Balaban J connectivity index is 4.21. The number of hydrogen-bond acceptors (Lipinski definition) is 5. The number of nitrogens with one attached hydrogen (secondary N) is 1. The first-order valence-corrected chi connectivity index (χ1v) is 7.44. The van der Waals surface area contributed by atoms with Gasteiger partial charge in [0.15, 0.2) is 0 Å². The summed E-state index contributed by atoms with van der Waals surface area (Å²) >= 11 is 0. The highest BCUT2D eigenvalue weighted by molar-refractivity contribution is 5.84. The molecule has 0 bridgehead atoms. The molecule has 22 heavy (non-hydrogen) atoms. The van der Waals surface area contributed by atoms with E-state index in [1.54, 1.807) is 0 Å². The van der Waals surface area contributed by atoms with Crippen molar-refractivity contribution in [2.45, 2.75) is 38.1 Å². The number of carbonyl (C=O) groups excluding carboxylic acids is 3. The first-order valence-electron chi connectivity index (χ1n) is 7.44. The smallest absolute Gasteiger partial charge is 0.328 e. The first-order chi connectivity index (χ1) is 10.2. The Morgan fingerprint density at radius 2 is 1.64 bits per heavy atom. The second-order valence-corrected chi connectivity index (χ2v) is 6.23. The van der Waals surface area contributed by atoms with Gasteiger partial charge in [0.2, 0.25) is 5.91 Å². The minimum atomic E-state index is -0.810. The van der Waals surface area contributed by atoms with Crippen molar-refractivity contribution in [3.05, 3.63) is 0 Å². The molecular formula is C15H29N2O5+. The first kappa shape index (κ1) is 20.4. The van der Waals surface area contributed by atoms with E-state index in [2.05, 4.69) is 35.9 Å². The molecule has 1 atom stereocenters. The summed E-state index contributed by atoms with van der Waals surface area (Å²) in [6.07, 6.45) is 2.27. The number of amides is 1. The van der Waals surface area contributed by atoms with Crippen molar-refractivity contribution in [1.82, 2.24) is 5.32 Å². The molecule has 0 aromatic rings. The van der Waals surface area contributed by atoms with Crippen LogP contribution in [0.5, 0.6) is 0 Å². The SMILES string of the molecule is COC(=O)CC[C@H](NC(=O)CCCC[N+](C)(C)C)C(=O)OC. The van der Waals surface area contributed by atoms with Crippen LogP contribution in [0.4, 0.5) is 0 Å². The average molecular weight is 317 g/mol. The number of hydrogen-bond donors (Lipinski definition) is 1. The highest BCUT2D eigenvalue weighted by atomic mass is 16.5.